The lowest BCUT2D eigenvalue weighted by molar-refractivity contribution is -0.125. The number of para-hydroxylation sites is 1. The average molecular weight is 354 g/mol. The van der Waals surface area contributed by atoms with Crippen LogP contribution in [0.4, 0.5) is 5.82 Å². The van der Waals surface area contributed by atoms with Crippen LogP contribution in [0.3, 0.4) is 0 Å². The van der Waals surface area contributed by atoms with E-state index in [1.54, 1.807) is 13.4 Å². The molecule has 4 rings (SSSR count). The standard InChI is InChI=1S/C19H22N4O3/c1-25-10-8-20-19(24)13-5-4-9-23(11-13)18-17-16(21-12-22-18)14-6-2-3-7-15(14)26-17/h2-3,6-7,12-13H,4-5,8-11H2,1H3,(H,20,24). The van der Waals surface area contributed by atoms with E-state index >= 15 is 0 Å². The van der Waals surface area contributed by atoms with Crippen molar-refractivity contribution in [2.24, 2.45) is 5.92 Å². The average Bonchev–Trinajstić information content (AvgIpc) is 3.07. The molecule has 1 fully saturated rings. The van der Waals surface area contributed by atoms with Crippen molar-refractivity contribution in [1.29, 1.82) is 0 Å². The van der Waals surface area contributed by atoms with Gasteiger partial charge in [-0.15, -0.1) is 0 Å². The summed E-state index contributed by atoms with van der Waals surface area (Å²) in [6, 6.07) is 7.85. The Morgan fingerprint density at radius 2 is 2.27 bits per heavy atom. The summed E-state index contributed by atoms with van der Waals surface area (Å²) in [5.41, 5.74) is 2.31. The van der Waals surface area contributed by atoms with Gasteiger partial charge in [0.1, 0.15) is 17.4 Å². The van der Waals surface area contributed by atoms with E-state index in [4.69, 9.17) is 9.15 Å². The summed E-state index contributed by atoms with van der Waals surface area (Å²) in [6.07, 6.45) is 3.39. The number of furan rings is 1. The highest BCUT2D eigenvalue weighted by Gasteiger charge is 2.28. The van der Waals surface area contributed by atoms with Gasteiger partial charge < -0.3 is 19.4 Å². The second-order valence-corrected chi connectivity index (χ2v) is 6.54. The summed E-state index contributed by atoms with van der Waals surface area (Å²) in [6.45, 7) is 2.54. The first-order valence-corrected chi connectivity index (χ1v) is 8.92. The van der Waals surface area contributed by atoms with Crippen molar-refractivity contribution in [2.75, 3.05) is 38.3 Å². The van der Waals surface area contributed by atoms with Gasteiger partial charge in [-0.3, -0.25) is 4.79 Å². The zero-order valence-electron chi connectivity index (χ0n) is 14.8. The van der Waals surface area contributed by atoms with E-state index in [1.165, 1.54) is 0 Å². The number of carbonyl (C=O) groups excluding carboxylic acids is 1. The van der Waals surface area contributed by atoms with Crippen molar-refractivity contribution in [3.63, 3.8) is 0 Å². The summed E-state index contributed by atoms with van der Waals surface area (Å²) < 4.78 is 11.0. The lowest BCUT2D eigenvalue weighted by Gasteiger charge is -2.32. The third kappa shape index (κ3) is 3.10. The van der Waals surface area contributed by atoms with Crippen molar-refractivity contribution >= 4 is 33.8 Å². The van der Waals surface area contributed by atoms with Crippen LogP contribution >= 0.6 is 0 Å². The number of hydrogen-bond donors (Lipinski definition) is 1. The molecule has 3 aromatic rings. The zero-order valence-corrected chi connectivity index (χ0v) is 14.8. The van der Waals surface area contributed by atoms with Gasteiger partial charge in [-0.1, -0.05) is 12.1 Å². The summed E-state index contributed by atoms with van der Waals surface area (Å²) in [4.78, 5) is 23.4. The van der Waals surface area contributed by atoms with Crippen LogP contribution in [0.15, 0.2) is 35.0 Å². The highest BCUT2D eigenvalue weighted by molar-refractivity contribution is 6.05. The topological polar surface area (TPSA) is 80.5 Å². The number of methoxy groups -OCH3 is 1. The highest BCUT2D eigenvalue weighted by Crippen LogP contribution is 2.33. The molecular formula is C19H22N4O3. The minimum Gasteiger partial charge on any atom is -0.450 e. The second-order valence-electron chi connectivity index (χ2n) is 6.54. The van der Waals surface area contributed by atoms with Crippen molar-refractivity contribution in [1.82, 2.24) is 15.3 Å². The number of fused-ring (bicyclic) bond motifs is 3. The van der Waals surface area contributed by atoms with Gasteiger partial charge in [0, 0.05) is 32.1 Å². The molecule has 26 heavy (non-hydrogen) atoms. The van der Waals surface area contributed by atoms with Crippen LogP contribution in [0, 0.1) is 5.92 Å². The highest BCUT2D eigenvalue weighted by atomic mass is 16.5. The van der Waals surface area contributed by atoms with Gasteiger partial charge in [-0.2, -0.15) is 0 Å². The Balaban J connectivity index is 1.60. The minimum atomic E-state index is -0.0602. The normalized spacial score (nSPS) is 17.7. The predicted octanol–water partition coefficient (Wildman–Crippen LogP) is 2.35. The van der Waals surface area contributed by atoms with Crippen LogP contribution < -0.4 is 10.2 Å². The lowest BCUT2D eigenvalue weighted by Crippen LogP contribution is -2.44. The van der Waals surface area contributed by atoms with E-state index in [9.17, 15) is 4.79 Å². The summed E-state index contributed by atoms with van der Waals surface area (Å²) in [7, 11) is 1.63. The number of nitrogens with one attached hydrogen (secondary N) is 1. The van der Waals surface area contributed by atoms with E-state index < -0.39 is 0 Å². The third-order valence-electron chi connectivity index (χ3n) is 4.84. The molecule has 1 atom stereocenters. The number of aromatic nitrogens is 2. The number of benzene rings is 1. The first-order chi connectivity index (χ1) is 12.8. The van der Waals surface area contributed by atoms with Gasteiger partial charge in [0.25, 0.3) is 0 Å². The molecule has 0 aliphatic carbocycles. The van der Waals surface area contributed by atoms with Crippen LogP contribution in [-0.4, -0.2) is 49.2 Å². The number of ether oxygens (including phenoxy) is 1. The Morgan fingerprint density at radius 3 is 3.15 bits per heavy atom. The molecule has 3 heterocycles. The van der Waals surface area contributed by atoms with Gasteiger partial charge in [-0.05, 0) is 25.0 Å². The second kappa shape index (κ2) is 7.29. The zero-order chi connectivity index (χ0) is 17.9. The Labute approximate surface area is 151 Å². The fourth-order valence-electron chi connectivity index (χ4n) is 3.54. The summed E-state index contributed by atoms with van der Waals surface area (Å²) in [5.74, 6) is 0.775. The first kappa shape index (κ1) is 16.8. The molecule has 0 saturated carbocycles. The molecule has 1 amide bonds. The number of piperidine rings is 1. The van der Waals surface area contributed by atoms with E-state index in [0.717, 1.165) is 41.7 Å². The summed E-state index contributed by atoms with van der Waals surface area (Å²) >= 11 is 0. The van der Waals surface area contributed by atoms with Gasteiger partial charge in [0.2, 0.25) is 5.91 Å². The van der Waals surface area contributed by atoms with E-state index in [1.807, 2.05) is 24.3 Å². The smallest absolute Gasteiger partial charge is 0.224 e. The number of amides is 1. The van der Waals surface area contributed by atoms with Crippen LogP contribution in [-0.2, 0) is 9.53 Å². The van der Waals surface area contributed by atoms with Gasteiger partial charge in [0.05, 0.1) is 12.5 Å². The first-order valence-electron chi connectivity index (χ1n) is 8.92. The molecule has 1 unspecified atom stereocenters. The van der Waals surface area contributed by atoms with Crippen molar-refractivity contribution in [2.45, 2.75) is 12.8 Å². The monoisotopic (exact) mass is 354 g/mol. The van der Waals surface area contributed by atoms with Crippen molar-refractivity contribution in [3.05, 3.63) is 30.6 Å². The summed E-state index contributed by atoms with van der Waals surface area (Å²) in [5, 5.41) is 3.92. The fraction of sp³-hybridized carbons (Fsp3) is 0.421. The molecule has 0 radical (unpaired) electrons. The molecule has 2 aromatic heterocycles. The number of rotatable bonds is 5. The minimum absolute atomic E-state index is 0.0602. The van der Waals surface area contributed by atoms with Gasteiger partial charge >= 0.3 is 0 Å². The fourth-order valence-corrected chi connectivity index (χ4v) is 3.54. The Morgan fingerprint density at radius 1 is 1.38 bits per heavy atom. The maximum absolute atomic E-state index is 12.4. The maximum Gasteiger partial charge on any atom is 0.224 e. The van der Waals surface area contributed by atoms with Crippen LogP contribution in [0.5, 0.6) is 0 Å². The number of hydrogen-bond acceptors (Lipinski definition) is 6. The Bertz CT molecular complexity index is 923. The number of carbonyl (C=O) groups is 1. The van der Waals surface area contributed by atoms with Crippen molar-refractivity contribution in [3.8, 4) is 0 Å². The number of anilines is 1. The van der Waals surface area contributed by atoms with E-state index in [0.29, 0.717) is 25.3 Å². The van der Waals surface area contributed by atoms with E-state index in [-0.39, 0.29) is 11.8 Å². The molecule has 1 aliphatic heterocycles. The molecule has 1 aromatic carbocycles. The Hall–Kier alpha value is -2.67. The number of nitrogens with zero attached hydrogens (tertiary/aromatic N) is 3. The molecule has 1 aliphatic rings. The molecule has 7 heteroatoms. The third-order valence-corrected chi connectivity index (χ3v) is 4.84. The molecule has 136 valence electrons. The molecule has 1 N–H and O–H groups in total. The van der Waals surface area contributed by atoms with Crippen LogP contribution in [0.2, 0.25) is 0 Å². The molecule has 7 nitrogen and oxygen atoms in total. The lowest BCUT2D eigenvalue weighted by atomic mass is 9.97. The molecule has 0 spiro atoms. The van der Waals surface area contributed by atoms with Crippen LogP contribution in [0.1, 0.15) is 12.8 Å². The quantitative estimate of drug-likeness (QED) is 0.709. The molecule has 1 saturated heterocycles. The van der Waals surface area contributed by atoms with Gasteiger partial charge in [-0.25, -0.2) is 9.97 Å². The SMILES string of the molecule is COCCNC(=O)C1CCCN(c2ncnc3c2oc2ccccc23)C1. The predicted molar refractivity (Wildman–Crippen MR) is 99.1 cm³/mol. The van der Waals surface area contributed by atoms with Crippen molar-refractivity contribution < 1.29 is 13.9 Å². The maximum atomic E-state index is 12.4. The van der Waals surface area contributed by atoms with Crippen LogP contribution in [0.25, 0.3) is 22.1 Å². The van der Waals surface area contributed by atoms with Gasteiger partial charge in [0.15, 0.2) is 11.4 Å². The molecule has 0 bridgehead atoms. The Kier molecular flexibility index (Phi) is 4.71. The molecular weight excluding hydrogens is 332 g/mol. The van der Waals surface area contributed by atoms with E-state index in [2.05, 4.69) is 20.2 Å². The largest absolute Gasteiger partial charge is 0.450 e.